The average Bonchev–Trinajstić information content (AvgIpc) is 2.64. The van der Waals surface area contributed by atoms with E-state index in [1.807, 2.05) is 0 Å². The molecule has 1 amide bonds. The van der Waals surface area contributed by atoms with Crippen LogP contribution in [0.2, 0.25) is 0 Å². The third kappa shape index (κ3) is 2.84. The molecule has 2 aliphatic rings. The summed E-state index contributed by atoms with van der Waals surface area (Å²) in [7, 11) is 0. The molecule has 2 heterocycles. The Hall–Kier alpha value is -0.980. The minimum absolute atomic E-state index is 0.0913. The predicted molar refractivity (Wildman–Crippen MR) is 78.0 cm³/mol. The molecule has 2 saturated heterocycles. The molecule has 0 aliphatic carbocycles. The number of hydrogen-bond donors (Lipinski definition) is 0. The molecular formula is C14H22FNO4S. The fraction of sp³-hybridized carbons (Fsp3) is 0.857. The Labute approximate surface area is 128 Å². The minimum Gasteiger partial charge on any atom is -0.464 e. The highest BCUT2D eigenvalue weighted by molar-refractivity contribution is 7.99. The van der Waals surface area contributed by atoms with Gasteiger partial charge < -0.3 is 14.4 Å². The highest BCUT2D eigenvalue weighted by Gasteiger charge is 2.68. The summed E-state index contributed by atoms with van der Waals surface area (Å²) in [6.07, 6.45) is -0.462. The molecule has 21 heavy (non-hydrogen) atoms. The van der Waals surface area contributed by atoms with E-state index in [9.17, 15) is 9.59 Å². The van der Waals surface area contributed by atoms with Crippen LogP contribution >= 0.6 is 11.8 Å². The van der Waals surface area contributed by atoms with Gasteiger partial charge in [-0.2, -0.15) is 11.8 Å². The maximum absolute atomic E-state index is 15.1. The van der Waals surface area contributed by atoms with Crippen molar-refractivity contribution < 1.29 is 23.5 Å². The van der Waals surface area contributed by atoms with Crippen molar-refractivity contribution in [2.45, 2.75) is 39.0 Å². The third-order valence-corrected chi connectivity index (χ3v) is 5.12. The maximum Gasteiger partial charge on any atom is 0.410 e. The van der Waals surface area contributed by atoms with Crippen LogP contribution < -0.4 is 0 Å². The van der Waals surface area contributed by atoms with Gasteiger partial charge in [-0.25, -0.2) is 14.0 Å². The normalized spacial score (nSPS) is 27.4. The molecule has 1 atom stereocenters. The lowest BCUT2D eigenvalue weighted by atomic mass is 9.69. The molecule has 2 fully saturated rings. The van der Waals surface area contributed by atoms with Crippen molar-refractivity contribution in [2.24, 2.45) is 5.41 Å². The van der Waals surface area contributed by atoms with E-state index in [1.54, 1.807) is 27.7 Å². The number of carbonyl (C=O) groups excluding carboxylic acids is 2. The van der Waals surface area contributed by atoms with Gasteiger partial charge in [-0.15, -0.1) is 0 Å². The molecule has 5 nitrogen and oxygen atoms in total. The standard InChI is InChI=1S/C14H22FNO4S/c1-5-19-10(17)14(15)9-21-8-13(14)6-16(7-13)11(18)20-12(2,3)4/h5-9H2,1-4H3. The lowest BCUT2D eigenvalue weighted by molar-refractivity contribution is -0.173. The number of alkyl halides is 1. The van der Waals surface area contributed by atoms with Gasteiger partial charge in [-0.1, -0.05) is 0 Å². The molecular weight excluding hydrogens is 297 g/mol. The quantitative estimate of drug-likeness (QED) is 0.731. The molecule has 0 aromatic carbocycles. The van der Waals surface area contributed by atoms with Crippen molar-refractivity contribution in [3.05, 3.63) is 0 Å². The second kappa shape index (κ2) is 5.34. The van der Waals surface area contributed by atoms with E-state index in [4.69, 9.17) is 9.47 Å². The molecule has 120 valence electrons. The average molecular weight is 319 g/mol. The molecule has 0 aromatic heterocycles. The van der Waals surface area contributed by atoms with Crippen LogP contribution in [0.4, 0.5) is 9.18 Å². The molecule has 2 rings (SSSR count). The Morgan fingerprint density at radius 3 is 2.43 bits per heavy atom. The number of thioether (sulfide) groups is 1. The van der Waals surface area contributed by atoms with E-state index >= 15 is 4.39 Å². The van der Waals surface area contributed by atoms with Crippen LogP contribution in [0.5, 0.6) is 0 Å². The second-order valence-electron chi connectivity index (χ2n) is 6.63. The Morgan fingerprint density at radius 2 is 1.90 bits per heavy atom. The summed E-state index contributed by atoms with van der Waals surface area (Å²) in [6.45, 7) is 7.55. The molecule has 0 bridgehead atoms. The number of likely N-dealkylation sites (tertiary alicyclic amines) is 1. The zero-order valence-corrected chi connectivity index (χ0v) is 13.7. The van der Waals surface area contributed by atoms with Crippen LogP contribution in [0.3, 0.4) is 0 Å². The van der Waals surface area contributed by atoms with Gasteiger partial charge in [0.2, 0.25) is 5.67 Å². The summed E-state index contributed by atoms with van der Waals surface area (Å²) in [6, 6.07) is 0. The molecule has 0 aromatic rings. The monoisotopic (exact) mass is 319 g/mol. The SMILES string of the molecule is CCOC(=O)C1(F)CSCC12CN(C(=O)OC(C)(C)C)C2. The number of nitrogens with zero attached hydrogens (tertiary/aromatic N) is 1. The zero-order valence-electron chi connectivity index (χ0n) is 12.9. The van der Waals surface area contributed by atoms with Crippen molar-refractivity contribution in [1.29, 1.82) is 0 Å². The number of amides is 1. The third-order valence-electron chi connectivity index (χ3n) is 3.76. The van der Waals surface area contributed by atoms with Crippen LogP contribution in [-0.4, -0.2) is 59.4 Å². The number of carbonyl (C=O) groups is 2. The van der Waals surface area contributed by atoms with E-state index < -0.39 is 28.7 Å². The number of ether oxygens (including phenoxy) is 2. The predicted octanol–water partition coefficient (Wildman–Crippen LogP) is 2.24. The van der Waals surface area contributed by atoms with Crippen LogP contribution in [0.1, 0.15) is 27.7 Å². The number of halogens is 1. The Morgan fingerprint density at radius 1 is 1.29 bits per heavy atom. The molecule has 1 unspecified atom stereocenters. The number of hydrogen-bond acceptors (Lipinski definition) is 5. The summed E-state index contributed by atoms with van der Waals surface area (Å²) < 4.78 is 25.2. The van der Waals surface area contributed by atoms with Crippen LogP contribution in [0.25, 0.3) is 0 Å². The van der Waals surface area contributed by atoms with Gasteiger partial charge in [-0.05, 0) is 27.7 Å². The summed E-state index contributed by atoms with van der Waals surface area (Å²) >= 11 is 1.39. The molecule has 0 saturated carbocycles. The van der Waals surface area contributed by atoms with Gasteiger partial charge in [0, 0.05) is 24.6 Å². The minimum atomic E-state index is -2.01. The second-order valence-corrected chi connectivity index (χ2v) is 7.62. The van der Waals surface area contributed by atoms with Crippen LogP contribution in [-0.2, 0) is 14.3 Å². The fourth-order valence-electron chi connectivity index (χ4n) is 2.66. The molecule has 1 spiro atoms. The lowest BCUT2D eigenvalue weighted by Gasteiger charge is -2.51. The van der Waals surface area contributed by atoms with E-state index in [-0.39, 0.29) is 25.4 Å². The smallest absolute Gasteiger partial charge is 0.410 e. The Bertz CT molecular complexity index is 445. The van der Waals surface area contributed by atoms with Crippen molar-refractivity contribution in [1.82, 2.24) is 4.90 Å². The first-order valence-corrected chi connectivity index (χ1v) is 8.21. The van der Waals surface area contributed by atoms with Gasteiger partial charge >= 0.3 is 12.1 Å². The van der Waals surface area contributed by atoms with Crippen molar-refractivity contribution in [3.63, 3.8) is 0 Å². The number of esters is 1. The zero-order chi connectivity index (χ0) is 15.9. The van der Waals surface area contributed by atoms with Gasteiger partial charge in [0.25, 0.3) is 0 Å². The van der Waals surface area contributed by atoms with Gasteiger partial charge in [0.05, 0.1) is 12.0 Å². The summed E-state index contributed by atoms with van der Waals surface area (Å²) in [5.74, 6) is -0.200. The largest absolute Gasteiger partial charge is 0.464 e. The first kappa shape index (κ1) is 16.4. The first-order valence-electron chi connectivity index (χ1n) is 7.05. The highest BCUT2D eigenvalue weighted by atomic mass is 32.2. The van der Waals surface area contributed by atoms with Crippen LogP contribution in [0, 0.1) is 5.41 Å². The molecule has 2 aliphatic heterocycles. The molecule has 7 heteroatoms. The fourth-order valence-corrected chi connectivity index (χ4v) is 4.27. The van der Waals surface area contributed by atoms with Crippen LogP contribution in [0.15, 0.2) is 0 Å². The summed E-state index contributed by atoms with van der Waals surface area (Å²) in [5, 5.41) is 0. The lowest BCUT2D eigenvalue weighted by Crippen LogP contribution is -2.69. The molecule has 0 radical (unpaired) electrons. The molecule has 0 N–H and O–H groups in total. The van der Waals surface area contributed by atoms with Gasteiger partial charge in [0.15, 0.2) is 0 Å². The van der Waals surface area contributed by atoms with E-state index in [0.717, 1.165) is 0 Å². The summed E-state index contributed by atoms with van der Waals surface area (Å²) in [4.78, 5) is 25.3. The van der Waals surface area contributed by atoms with E-state index in [0.29, 0.717) is 5.75 Å². The number of rotatable bonds is 2. The van der Waals surface area contributed by atoms with Crippen molar-refractivity contribution in [3.8, 4) is 0 Å². The topological polar surface area (TPSA) is 55.8 Å². The Balaban J connectivity index is 2.03. The summed E-state index contributed by atoms with van der Waals surface area (Å²) in [5.41, 5.74) is -3.43. The highest BCUT2D eigenvalue weighted by Crippen LogP contribution is 2.53. The first-order chi connectivity index (χ1) is 9.63. The van der Waals surface area contributed by atoms with E-state index in [2.05, 4.69) is 0 Å². The Kier molecular flexibility index (Phi) is 4.17. The maximum atomic E-state index is 15.1. The van der Waals surface area contributed by atoms with E-state index in [1.165, 1.54) is 16.7 Å². The van der Waals surface area contributed by atoms with Gasteiger partial charge in [-0.3, -0.25) is 0 Å². The van der Waals surface area contributed by atoms with Gasteiger partial charge in [0.1, 0.15) is 5.60 Å². The van der Waals surface area contributed by atoms with Crippen molar-refractivity contribution >= 4 is 23.8 Å². The van der Waals surface area contributed by atoms with Crippen molar-refractivity contribution in [2.75, 3.05) is 31.2 Å².